The topological polar surface area (TPSA) is 12.5 Å². The Morgan fingerprint density at radius 2 is 0.868 bits per heavy atom. The van der Waals surface area contributed by atoms with Gasteiger partial charge in [0.15, 0.2) is 11.5 Å². The maximum absolute atomic E-state index is 6.23. The number of ether oxygens (including phenoxy) is 1. The predicted octanol–water partition coefficient (Wildman–Crippen LogP) is 10.4. The highest BCUT2D eigenvalue weighted by Gasteiger charge is 2.25. The van der Waals surface area contributed by atoms with Gasteiger partial charge in [-0.15, -0.1) is 0 Å². The van der Waals surface area contributed by atoms with Gasteiger partial charge in [0.05, 0.1) is 11.4 Å². The lowest BCUT2D eigenvalue weighted by Gasteiger charge is -2.33. The Bertz CT molecular complexity index is 1940. The second-order valence-corrected chi connectivity index (χ2v) is 9.77. The fraction of sp³-hybridized carbons (Fsp3) is 0. The van der Waals surface area contributed by atoms with E-state index >= 15 is 0 Å². The zero-order valence-electron chi connectivity index (χ0n) is 20.6. The van der Waals surface area contributed by atoms with Crippen LogP contribution in [0.15, 0.2) is 140 Å². The summed E-state index contributed by atoms with van der Waals surface area (Å²) in [6, 6.07) is 49.6. The van der Waals surface area contributed by atoms with Gasteiger partial charge in [0.2, 0.25) is 0 Å². The molecule has 0 fully saturated rings. The van der Waals surface area contributed by atoms with Crippen molar-refractivity contribution in [2.75, 3.05) is 4.90 Å². The molecule has 0 unspecified atom stereocenters. The number of hydrogen-bond donors (Lipinski definition) is 0. The number of nitrogens with zero attached hydrogens (tertiary/aromatic N) is 1. The molecule has 8 rings (SSSR count). The van der Waals surface area contributed by atoms with E-state index in [4.69, 9.17) is 4.74 Å². The normalized spacial score (nSPS) is 12.4. The fourth-order valence-electron chi connectivity index (χ4n) is 5.89. The van der Waals surface area contributed by atoms with Crippen LogP contribution in [0.25, 0.3) is 43.4 Å². The standard InChI is InChI=1S/C36H23NO/c1-2-14-29-27(12-1)28-13-3-4-15-30(28)32-23-25(20-21-31(29)32)24-10-9-11-26(22-24)37-33-16-5-7-18-35(33)38-36-19-8-6-17-34(36)37/h1-23H. The molecule has 0 aromatic heterocycles. The van der Waals surface area contributed by atoms with E-state index in [0.29, 0.717) is 0 Å². The van der Waals surface area contributed by atoms with E-state index in [2.05, 4.69) is 120 Å². The Labute approximate surface area is 221 Å². The Morgan fingerprint density at radius 3 is 1.50 bits per heavy atom. The molecule has 1 aliphatic heterocycles. The third kappa shape index (κ3) is 3.14. The number of rotatable bonds is 2. The summed E-state index contributed by atoms with van der Waals surface area (Å²) in [5, 5.41) is 7.75. The second-order valence-electron chi connectivity index (χ2n) is 9.77. The van der Waals surface area contributed by atoms with Gasteiger partial charge in [-0.3, -0.25) is 0 Å². The molecule has 0 N–H and O–H groups in total. The molecule has 7 aromatic carbocycles. The van der Waals surface area contributed by atoms with E-state index in [1.54, 1.807) is 0 Å². The molecule has 0 atom stereocenters. The van der Waals surface area contributed by atoms with E-state index in [-0.39, 0.29) is 0 Å². The molecule has 1 aliphatic rings. The highest BCUT2D eigenvalue weighted by molar-refractivity contribution is 6.25. The Hall–Kier alpha value is -5.08. The third-order valence-electron chi connectivity index (χ3n) is 7.61. The molecule has 2 nitrogen and oxygen atoms in total. The first-order chi connectivity index (χ1) is 18.8. The third-order valence-corrected chi connectivity index (χ3v) is 7.61. The minimum Gasteiger partial charge on any atom is -0.453 e. The summed E-state index contributed by atoms with van der Waals surface area (Å²) in [6.45, 7) is 0. The summed E-state index contributed by atoms with van der Waals surface area (Å²) in [5.74, 6) is 1.72. The molecule has 2 heteroatoms. The summed E-state index contributed by atoms with van der Waals surface area (Å²) < 4.78 is 6.23. The van der Waals surface area contributed by atoms with Crippen molar-refractivity contribution in [3.8, 4) is 22.6 Å². The summed E-state index contributed by atoms with van der Waals surface area (Å²) in [7, 11) is 0. The molecular formula is C36H23NO. The molecule has 0 spiro atoms. The van der Waals surface area contributed by atoms with Gasteiger partial charge in [-0.25, -0.2) is 0 Å². The molecular weight excluding hydrogens is 462 g/mol. The minimum atomic E-state index is 0.862. The van der Waals surface area contributed by atoms with Crippen molar-refractivity contribution in [1.82, 2.24) is 0 Å². The molecule has 38 heavy (non-hydrogen) atoms. The van der Waals surface area contributed by atoms with Gasteiger partial charge in [0, 0.05) is 5.69 Å². The van der Waals surface area contributed by atoms with Crippen molar-refractivity contribution in [3.05, 3.63) is 140 Å². The predicted molar refractivity (Wildman–Crippen MR) is 159 cm³/mol. The molecule has 0 saturated heterocycles. The van der Waals surface area contributed by atoms with Crippen molar-refractivity contribution < 1.29 is 4.74 Å². The molecule has 178 valence electrons. The van der Waals surface area contributed by atoms with Crippen LogP contribution >= 0.6 is 0 Å². The summed E-state index contributed by atoms with van der Waals surface area (Å²) in [6.07, 6.45) is 0. The zero-order valence-corrected chi connectivity index (χ0v) is 20.6. The van der Waals surface area contributed by atoms with E-state index in [0.717, 1.165) is 28.6 Å². The molecule has 0 radical (unpaired) electrons. The van der Waals surface area contributed by atoms with Crippen molar-refractivity contribution in [2.24, 2.45) is 0 Å². The van der Waals surface area contributed by atoms with Crippen molar-refractivity contribution >= 4 is 49.4 Å². The van der Waals surface area contributed by atoms with Crippen molar-refractivity contribution in [1.29, 1.82) is 0 Å². The lowest BCUT2D eigenvalue weighted by Crippen LogP contribution is -2.15. The first kappa shape index (κ1) is 21.0. The number of fused-ring (bicyclic) bond motifs is 8. The van der Waals surface area contributed by atoms with Crippen molar-refractivity contribution in [3.63, 3.8) is 0 Å². The van der Waals surface area contributed by atoms with Crippen molar-refractivity contribution in [2.45, 2.75) is 0 Å². The van der Waals surface area contributed by atoms with Gasteiger partial charge in [-0.05, 0) is 85.9 Å². The second kappa shape index (κ2) is 8.22. The smallest absolute Gasteiger partial charge is 0.151 e. The molecule has 0 amide bonds. The molecule has 7 aromatic rings. The number of anilines is 3. The Kier molecular flexibility index (Phi) is 4.55. The first-order valence-corrected chi connectivity index (χ1v) is 12.9. The average molecular weight is 486 g/mol. The first-order valence-electron chi connectivity index (χ1n) is 12.9. The van der Waals surface area contributed by atoms with Crippen LogP contribution in [0, 0.1) is 0 Å². The van der Waals surface area contributed by atoms with Gasteiger partial charge in [0.1, 0.15) is 0 Å². The monoisotopic (exact) mass is 485 g/mol. The van der Waals surface area contributed by atoms with Gasteiger partial charge in [-0.2, -0.15) is 0 Å². The van der Waals surface area contributed by atoms with E-state index in [9.17, 15) is 0 Å². The maximum Gasteiger partial charge on any atom is 0.151 e. The lowest BCUT2D eigenvalue weighted by atomic mass is 9.92. The summed E-state index contributed by atoms with van der Waals surface area (Å²) in [5.41, 5.74) is 5.57. The number of benzene rings is 7. The lowest BCUT2D eigenvalue weighted by molar-refractivity contribution is 0.477. The van der Waals surface area contributed by atoms with Crippen LogP contribution in [0.1, 0.15) is 0 Å². The SMILES string of the molecule is c1cc(-c2ccc3c4ccccc4c4ccccc4c3c2)cc(N2c3ccccc3Oc3ccccc32)c1. The Balaban J connectivity index is 1.33. The fourth-order valence-corrected chi connectivity index (χ4v) is 5.89. The zero-order chi connectivity index (χ0) is 25.1. The van der Waals surface area contributed by atoms with Gasteiger partial charge in [0.25, 0.3) is 0 Å². The van der Waals surface area contributed by atoms with Crippen LogP contribution in [-0.2, 0) is 0 Å². The highest BCUT2D eigenvalue weighted by Crippen LogP contribution is 2.50. The average Bonchev–Trinajstić information content (AvgIpc) is 3.00. The van der Waals surface area contributed by atoms with Gasteiger partial charge < -0.3 is 9.64 Å². The molecule has 0 saturated carbocycles. The van der Waals surface area contributed by atoms with Crippen LogP contribution < -0.4 is 9.64 Å². The highest BCUT2D eigenvalue weighted by atomic mass is 16.5. The van der Waals surface area contributed by atoms with Gasteiger partial charge in [-0.1, -0.05) is 97.1 Å². The van der Waals surface area contributed by atoms with Crippen LogP contribution in [-0.4, -0.2) is 0 Å². The van der Waals surface area contributed by atoms with Crippen LogP contribution in [0.3, 0.4) is 0 Å². The molecule has 0 aliphatic carbocycles. The number of hydrogen-bond acceptors (Lipinski definition) is 2. The van der Waals surface area contributed by atoms with E-state index < -0.39 is 0 Å². The summed E-state index contributed by atoms with van der Waals surface area (Å²) in [4.78, 5) is 2.29. The minimum absolute atomic E-state index is 0.862. The molecule has 1 heterocycles. The number of para-hydroxylation sites is 4. The largest absolute Gasteiger partial charge is 0.453 e. The van der Waals surface area contributed by atoms with Crippen LogP contribution in [0.5, 0.6) is 11.5 Å². The Morgan fingerprint density at radius 1 is 0.368 bits per heavy atom. The van der Waals surface area contributed by atoms with Gasteiger partial charge >= 0.3 is 0 Å². The quantitative estimate of drug-likeness (QED) is 0.226. The van der Waals surface area contributed by atoms with E-state index in [1.807, 2.05) is 24.3 Å². The van der Waals surface area contributed by atoms with Crippen LogP contribution in [0.4, 0.5) is 17.1 Å². The molecule has 0 bridgehead atoms. The summed E-state index contributed by atoms with van der Waals surface area (Å²) >= 11 is 0. The van der Waals surface area contributed by atoms with Crippen LogP contribution in [0.2, 0.25) is 0 Å². The van der Waals surface area contributed by atoms with E-state index in [1.165, 1.54) is 43.4 Å². The maximum atomic E-state index is 6.23.